The zero-order valence-electron chi connectivity index (χ0n) is 7.84. The Morgan fingerprint density at radius 2 is 2.29 bits per heavy atom. The van der Waals surface area contributed by atoms with E-state index in [9.17, 15) is 4.79 Å². The largest absolute Gasteiger partial charge is 0.481 e. The second-order valence-corrected chi connectivity index (χ2v) is 3.62. The second kappa shape index (κ2) is 4.18. The number of carboxylic acid groups (broad SMARTS) is 1. The van der Waals surface area contributed by atoms with Crippen molar-refractivity contribution in [3.8, 4) is 0 Å². The van der Waals surface area contributed by atoms with Gasteiger partial charge in [-0.3, -0.25) is 4.79 Å². The van der Waals surface area contributed by atoms with Crippen molar-refractivity contribution in [3.63, 3.8) is 0 Å². The van der Waals surface area contributed by atoms with Crippen LogP contribution in [0.2, 0.25) is 0 Å². The molecule has 1 aromatic rings. The highest BCUT2D eigenvalue weighted by Gasteiger charge is 2.12. The Labute approximate surface area is 84.9 Å². The molecule has 0 aliphatic heterocycles. The maximum absolute atomic E-state index is 10.3. The molecule has 0 bridgehead atoms. The van der Waals surface area contributed by atoms with Gasteiger partial charge in [-0.25, -0.2) is 0 Å². The molecular weight excluding hydrogens is 206 g/mol. The quantitative estimate of drug-likeness (QED) is 0.639. The van der Waals surface area contributed by atoms with Gasteiger partial charge in [0, 0.05) is 14.1 Å². The molecule has 0 atom stereocenters. The summed E-state index contributed by atoms with van der Waals surface area (Å²) in [6.45, 7) is 0. The Bertz CT molecular complexity index is 337. The van der Waals surface area contributed by atoms with Crippen molar-refractivity contribution in [3.05, 3.63) is 0 Å². The fraction of sp³-hybridized carbons (Fsp3) is 0.500. The van der Waals surface area contributed by atoms with Crippen LogP contribution in [0.4, 0.5) is 5.95 Å². The molecule has 0 aliphatic rings. The van der Waals surface area contributed by atoms with Crippen molar-refractivity contribution in [1.29, 1.82) is 0 Å². The van der Waals surface area contributed by atoms with Crippen molar-refractivity contribution in [2.75, 3.05) is 30.6 Å². The highest BCUT2D eigenvalue weighted by Crippen LogP contribution is 2.16. The van der Waals surface area contributed by atoms with E-state index in [0.29, 0.717) is 5.16 Å². The zero-order valence-corrected chi connectivity index (χ0v) is 8.65. The number of carbonyl (C=O) groups is 1. The van der Waals surface area contributed by atoms with E-state index in [2.05, 4.69) is 10.2 Å². The average molecular weight is 217 g/mol. The van der Waals surface area contributed by atoms with Gasteiger partial charge in [-0.05, 0) is 0 Å². The summed E-state index contributed by atoms with van der Waals surface area (Å²) in [5.74, 6) is -0.726. The van der Waals surface area contributed by atoms with Gasteiger partial charge in [0.1, 0.15) is 0 Å². The molecule has 1 aromatic heterocycles. The van der Waals surface area contributed by atoms with Crippen LogP contribution in [0.3, 0.4) is 0 Å². The summed E-state index contributed by atoms with van der Waals surface area (Å²) in [4.78, 5) is 10.3. The minimum Gasteiger partial charge on any atom is -0.481 e. The lowest BCUT2D eigenvalue weighted by molar-refractivity contribution is -0.133. The summed E-state index contributed by atoms with van der Waals surface area (Å²) in [7, 11) is 3.54. The van der Waals surface area contributed by atoms with Crippen molar-refractivity contribution in [1.82, 2.24) is 14.9 Å². The molecule has 0 amide bonds. The first-order chi connectivity index (χ1) is 6.52. The average Bonchev–Trinajstić information content (AvgIpc) is 2.43. The lowest BCUT2D eigenvalue weighted by Gasteiger charge is -2.15. The van der Waals surface area contributed by atoms with Crippen LogP contribution in [-0.2, 0) is 4.79 Å². The minimum absolute atomic E-state index is 0.0635. The van der Waals surface area contributed by atoms with Crippen LogP contribution < -0.4 is 10.7 Å². The van der Waals surface area contributed by atoms with Crippen LogP contribution in [0.25, 0.3) is 0 Å². The summed E-state index contributed by atoms with van der Waals surface area (Å²) >= 11 is 1.07. The Morgan fingerprint density at radius 3 is 2.79 bits per heavy atom. The third kappa shape index (κ3) is 2.28. The van der Waals surface area contributed by atoms with Crippen LogP contribution in [-0.4, -0.2) is 45.8 Å². The number of nitrogens with two attached hydrogens (primary N) is 1. The Morgan fingerprint density at radius 1 is 1.64 bits per heavy atom. The lowest BCUT2D eigenvalue weighted by atomic mass is 10.8. The smallest absolute Gasteiger partial charge is 0.313 e. The van der Waals surface area contributed by atoms with Crippen LogP contribution in [0.5, 0.6) is 0 Å². The van der Waals surface area contributed by atoms with Gasteiger partial charge in [-0.15, -0.1) is 10.2 Å². The maximum Gasteiger partial charge on any atom is 0.313 e. The van der Waals surface area contributed by atoms with E-state index < -0.39 is 5.97 Å². The lowest BCUT2D eigenvalue weighted by Crippen LogP contribution is -2.27. The highest BCUT2D eigenvalue weighted by atomic mass is 32.2. The monoisotopic (exact) mass is 217 g/mol. The number of carboxylic acids is 1. The van der Waals surface area contributed by atoms with E-state index >= 15 is 0 Å². The first kappa shape index (κ1) is 10.6. The number of thioether (sulfide) groups is 1. The predicted molar refractivity (Wildman–Crippen MR) is 52.9 cm³/mol. The van der Waals surface area contributed by atoms with Gasteiger partial charge < -0.3 is 15.8 Å². The molecule has 0 fully saturated rings. The van der Waals surface area contributed by atoms with Crippen molar-refractivity contribution in [2.24, 2.45) is 0 Å². The number of nitrogens with zero attached hydrogens (tertiary/aromatic N) is 4. The van der Waals surface area contributed by atoms with E-state index in [1.165, 1.54) is 4.68 Å². The first-order valence-electron chi connectivity index (χ1n) is 3.75. The van der Waals surface area contributed by atoms with E-state index in [1.54, 1.807) is 19.1 Å². The van der Waals surface area contributed by atoms with Gasteiger partial charge in [-0.1, -0.05) is 11.8 Å². The van der Waals surface area contributed by atoms with Gasteiger partial charge in [0.2, 0.25) is 11.1 Å². The Hall–Kier alpha value is -1.44. The number of aliphatic carboxylic acids is 1. The van der Waals surface area contributed by atoms with E-state index in [1.807, 2.05) is 0 Å². The molecule has 0 saturated heterocycles. The van der Waals surface area contributed by atoms with Crippen LogP contribution in [0.1, 0.15) is 0 Å². The van der Waals surface area contributed by atoms with Gasteiger partial charge in [0.05, 0.1) is 5.75 Å². The van der Waals surface area contributed by atoms with E-state index in [4.69, 9.17) is 10.8 Å². The number of hydrogen-bond donors (Lipinski definition) is 2. The Kier molecular flexibility index (Phi) is 3.18. The molecule has 3 N–H and O–H groups in total. The molecule has 0 aromatic carbocycles. The summed E-state index contributed by atoms with van der Waals surface area (Å²) in [5, 5.41) is 18.0. The molecule has 0 radical (unpaired) electrons. The van der Waals surface area contributed by atoms with Crippen molar-refractivity contribution < 1.29 is 9.90 Å². The highest BCUT2D eigenvalue weighted by molar-refractivity contribution is 7.99. The minimum atomic E-state index is -0.901. The van der Waals surface area contributed by atoms with Gasteiger partial charge in [0.15, 0.2) is 0 Å². The van der Waals surface area contributed by atoms with Crippen LogP contribution in [0, 0.1) is 0 Å². The van der Waals surface area contributed by atoms with Crippen LogP contribution >= 0.6 is 11.8 Å². The van der Waals surface area contributed by atoms with Gasteiger partial charge in [-0.2, -0.15) is 4.68 Å². The van der Waals surface area contributed by atoms with Crippen molar-refractivity contribution in [2.45, 2.75) is 5.16 Å². The molecule has 14 heavy (non-hydrogen) atoms. The Balaban J connectivity index is 2.81. The molecule has 0 saturated carbocycles. The van der Waals surface area contributed by atoms with Crippen molar-refractivity contribution >= 4 is 23.7 Å². The number of hydrogen-bond acceptors (Lipinski definition) is 6. The number of rotatable bonds is 4. The van der Waals surface area contributed by atoms with Gasteiger partial charge in [0.25, 0.3) is 0 Å². The summed E-state index contributed by atoms with van der Waals surface area (Å²) in [6.07, 6.45) is 0. The molecule has 8 heteroatoms. The molecule has 0 spiro atoms. The number of aromatic nitrogens is 3. The summed E-state index contributed by atoms with van der Waals surface area (Å²) < 4.78 is 1.54. The molecule has 7 nitrogen and oxygen atoms in total. The maximum atomic E-state index is 10.3. The first-order valence-corrected chi connectivity index (χ1v) is 4.74. The molecule has 0 aliphatic carbocycles. The normalized spacial score (nSPS) is 10.1. The third-order valence-electron chi connectivity index (χ3n) is 1.36. The molecule has 78 valence electrons. The third-order valence-corrected chi connectivity index (χ3v) is 2.27. The fourth-order valence-corrected chi connectivity index (χ4v) is 1.60. The predicted octanol–water partition coefficient (Wildman–Crippen LogP) is -0.765. The molecule has 0 unspecified atom stereocenters. The molecule has 1 rings (SSSR count). The summed E-state index contributed by atoms with van der Waals surface area (Å²) in [5.41, 5.74) is 5.54. The second-order valence-electron chi connectivity index (χ2n) is 2.68. The van der Waals surface area contributed by atoms with E-state index in [0.717, 1.165) is 11.8 Å². The summed E-state index contributed by atoms with van der Waals surface area (Å²) in [6, 6.07) is 0. The number of nitrogen functional groups attached to an aromatic ring is 1. The van der Waals surface area contributed by atoms with E-state index in [-0.39, 0.29) is 11.7 Å². The number of anilines is 1. The standard InChI is InChI=1S/C6H11N5O2S/c1-10(2)11-5(7)8-9-6(11)14-3-4(12)13/h3H2,1-2H3,(H2,7,8)(H,12,13). The zero-order chi connectivity index (χ0) is 10.7. The van der Waals surface area contributed by atoms with Gasteiger partial charge >= 0.3 is 5.97 Å². The molecule has 1 heterocycles. The SMILES string of the molecule is CN(C)n1c(N)nnc1SCC(=O)O. The topological polar surface area (TPSA) is 97.3 Å². The fourth-order valence-electron chi connectivity index (χ4n) is 0.869. The molecular formula is C6H11N5O2S. The van der Waals surface area contributed by atoms with Crippen LogP contribution in [0.15, 0.2) is 5.16 Å².